The van der Waals surface area contributed by atoms with Gasteiger partial charge in [-0.2, -0.15) is 0 Å². The van der Waals surface area contributed by atoms with Gasteiger partial charge >= 0.3 is 6.01 Å². The molecule has 0 aliphatic carbocycles. The molecule has 3 aromatic heterocycles. The first kappa shape index (κ1) is 42.4. The van der Waals surface area contributed by atoms with Crippen LogP contribution in [0.1, 0.15) is 79.0 Å². The molecule has 0 saturated carbocycles. The largest absolute Gasteiger partial charge is 0.496 e. The third-order valence-electron chi connectivity index (χ3n) is 12.5. The molecule has 1 aliphatic rings. The van der Waals surface area contributed by atoms with E-state index in [0.29, 0.717) is 29.0 Å². The average molecular weight is 866 g/mol. The monoisotopic (exact) mass is 865 g/mol. The van der Waals surface area contributed by atoms with Gasteiger partial charge in [0.15, 0.2) is 24.5 Å². The quantitative estimate of drug-likeness (QED) is 0.149. The Morgan fingerprint density at radius 1 is 0.515 bits per heavy atom. The molecule has 0 fully saturated rings. The van der Waals surface area contributed by atoms with Crippen molar-refractivity contribution < 1.29 is 9.31 Å². The molecule has 326 valence electrons. The molecule has 6 aromatic carbocycles. The van der Waals surface area contributed by atoms with Gasteiger partial charge < -0.3 is 4.74 Å². The first-order chi connectivity index (χ1) is 31.5. The van der Waals surface area contributed by atoms with E-state index >= 15 is 0 Å². The number of ether oxygens (including phenoxy) is 1. The molecule has 0 atom stereocenters. The van der Waals surface area contributed by atoms with Gasteiger partial charge in [-0.05, 0) is 67.8 Å². The highest BCUT2D eigenvalue weighted by atomic mass is 16.5. The number of hydrogen-bond acceptors (Lipinski definition) is 5. The molecule has 0 unspecified atom stereocenters. The molecule has 10 rings (SSSR count). The lowest BCUT2D eigenvalue weighted by Crippen LogP contribution is -2.12. The lowest BCUT2D eigenvalue weighted by Gasteiger charge is -2.20. The van der Waals surface area contributed by atoms with Crippen molar-refractivity contribution in [1.29, 1.82) is 0 Å². The van der Waals surface area contributed by atoms with E-state index in [4.69, 9.17) is 24.7 Å². The van der Waals surface area contributed by atoms with Crippen LogP contribution in [0, 0.1) is 0 Å². The summed E-state index contributed by atoms with van der Waals surface area (Å²) in [6, 6.07) is 54.2. The number of benzene rings is 6. The molecular weight excluding hydrogens is 811 g/mol. The number of para-hydroxylation sites is 3. The third kappa shape index (κ3) is 7.88. The fraction of sp³-hybridized carbons (Fsp3) is 0.224. The lowest BCUT2D eigenvalue weighted by atomic mass is 9.86. The Labute approximate surface area is 387 Å². The number of hydrogen-bond donors (Lipinski definition) is 0. The highest BCUT2D eigenvalue weighted by Crippen LogP contribution is 2.43. The van der Waals surface area contributed by atoms with E-state index in [2.05, 4.69) is 205 Å². The van der Waals surface area contributed by atoms with Crippen LogP contribution in [-0.2, 0) is 16.2 Å². The summed E-state index contributed by atoms with van der Waals surface area (Å²) in [6.07, 6.45) is 1.91. The van der Waals surface area contributed by atoms with Gasteiger partial charge in [-0.25, -0.2) is 19.9 Å². The molecule has 0 saturated heterocycles. The van der Waals surface area contributed by atoms with E-state index in [1.807, 2.05) is 36.0 Å². The maximum absolute atomic E-state index is 7.15. The molecule has 0 amide bonds. The number of nitrogens with zero attached hydrogens (tertiary/aromatic N) is 7. The SMILES string of the molecule is C[N+]1=C=[N+](c2cccc(Oc3cc4c(cc3-c3nc(-c5ccc(C(C)(C)C)cc5)nc(-c5ccc(C(C)(C)C)cc5)n3)c3ccccc3n4-c3cc(C(C)(C)C)ccn3)c2)c2ccccc21. The minimum Gasteiger partial charge on any atom is -0.456 e. The van der Waals surface area contributed by atoms with Crippen LogP contribution in [0.15, 0.2) is 152 Å². The first-order valence-corrected chi connectivity index (χ1v) is 22.7. The zero-order valence-corrected chi connectivity index (χ0v) is 39.5. The zero-order chi connectivity index (χ0) is 46.1. The van der Waals surface area contributed by atoms with Crippen molar-refractivity contribution >= 4 is 44.9 Å². The fourth-order valence-electron chi connectivity index (χ4n) is 8.71. The van der Waals surface area contributed by atoms with Gasteiger partial charge in [0.05, 0.1) is 22.7 Å². The molecule has 0 bridgehead atoms. The normalized spacial score (nSPS) is 12.9. The molecule has 0 radical (unpaired) electrons. The van der Waals surface area contributed by atoms with Crippen LogP contribution in [0.3, 0.4) is 0 Å². The van der Waals surface area contributed by atoms with Crippen LogP contribution in [-0.4, -0.2) is 42.1 Å². The molecule has 0 spiro atoms. The van der Waals surface area contributed by atoms with Gasteiger partial charge in [-0.15, -0.1) is 0 Å². The molecule has 9 aromatic rings. The third-order valence-corrected chi connectivity index (χ3v) is 12.5. The molecule has 8 nitrogen and oxygen atoms in total. The number of pyridine rings is 1. The predicted molar refractivity (Wildman–Crippen MR) is 270 cm³/mol. The van der Waals surface area contributed by atoms with E-state index in [1.165, 1.54) is 16.7 Å². The van der Waals surface area contributed by atoms with Crippen LogP contribution in [0.5, 0.6) is 11.5 Å². The molecule has 66 heavy (non-hydrogen) atoms. The topological polar surface area (TPSA) is 71.7 Å². The lowest BCUT2D eigenvalue weighted by molar-refractivity contribution is -0.394. The second-order valence-electron chi connectivity index (χ2n) is 20.4. The van der Waals surface area contributed by atoms with Crippen LogP contribution in [0.4, 0.5) is 17.1 Å². The second kappa shape index (κ2) is 15.9. The minimum atomic E-state index is -0.0728. The molecule has 4 heterocycles. The summed E-state index contributed by atoms with van der Waals surface area (Å²) in [5, 5.41) is 2.11. The van der Waals surface area contributed by atoms with Gasteiger partial charge in [-0.1, -0.05) is 152 Å². The standard InChI is InChI=1S/C58H55N7O/c1-56(2,3)39-26-22-37(23-27-39)53-60-54(38-24-28-40(29-25-38)57(4,5)6)62-55(61-53)46-34-45-44-18-11-12-19-47(44)65(52-32-41(30-31-59-52)58(7,8)9)50(45)35-51(46)66-43-17-15-16-42(33-43)64-36-63(10)48-20-13-14-21-49(48)64/h11-35H,1-10H3/q+2. The maximum Gasteiger partial charge on any atom is 0.496 e. The van der Waals surface area contributed by atoms with Gasteiger partial charge in [0, 0.05) is 52.4 Å². The summed E-state index contributed by atoms with van der Waals surface area (Å²) in [5.41, 5.74) is 11.2. The average Bonchev–Trinajstić information content (AvgIpc) is 3.81. The Bertz CT molecular complexity index is 3350. The summed E-state index contributed by atoms with van der Waals surface area (Å²) in [7, 11) is 2.01. The molecular formula is C58H55N7O+2. The van der Waals surface area contributed by atoms with E-state index in [-0.39, 0.29) is 16.2 Å². The highest BCUT2D eigenvalue weighted by Gasteiger charge is 2.32. The maximum atomic E-state index is 7.15. The molecule has 1 aliphatic heterocycles. The van der Waals surface area contributed by atoms with Crippen molar-refractivity contribution in [3.63, 3.8) is 0 Å². The van der Waals surface area contributed by atoms with Crippen molar-refractivity contribution in [3.05, 3.63) is 168 Å². The Hall–Kier alpha value is -7.54. The van der Waals surface area contributed by atoms with E-state index in [9.17, 15) is 0 Å². The summed E-state index contributed by atoms with van der Waals surface area (Å²) in [5.74, 6) is 3.75. The van der Waals surface area contributed by atoms with Gasteiger partial charge in [0.2, 0.25) is 5.69 Å². The minimum absolute atomic E-state index is 0.00534. The van der Waals surface area contributed by atoms with E-state index < -0.39 is 0 Å². The van der Waals surface area contributed by atoms with Gasteiger partial charge in [0.1, 0.15) is 17.3 Å². The highest BCUT2D eigenvalue weighted by molar-refractivity contribution is 6.11. The fourth-order valence-corrected chi connectivity index (χ4v) is 8.71. The number of fused-ring (bicyclic) bond motifs is 4. The summed E-state index contributed by atoms with van der Waals surface area (Å²) < 4.78 is 13.5. The van der Waals surface area contributed by atoms with Crippen LogP contribution in [0.2, 0.25) is 0 Å². The first-order valence-electron chi connectivity index (χ1n) is 22.7. The van der Waals surface area contributed by atoms with Crippen molar-refractivity contribution in [2.45, 2.75) is 78.6 Å². The smallest absolute Gasteiger partial charge is 0.456 e. The van der Waals surface area contributed by atoms with E-state index in [0.717, 1.165) is 61.4 Å². The Morgan fingerprint density at radius 2 is 1.11 bits per heavy atom. The second-order valence-corrected chi connectivity index (χ2v) is 20.4. The zero-order valence-electron chi connectivity index (χ0n) is 39.5. The molecule has 0 N–H and O–H groups in total. The number of aromatic nitrogens is 5. The summed E-state index contributed by atoms with van der Waals surface area (Å²) in [6.45, 7) is 20.0. The Kier molecular flexibility index (Phi) is 10.2. The van der Waals surface area contributed by atoms with Crippen molar-refractivity contribution in [2.75, 3.05) is 7.05 Å². The predicted octanol–water partition coefficient (Wildman–Crippen LogP) is 14.3. The van der Waals surface area contributed by atoms with Crippen LogP contribution < -0.4 is 9.31 Å². The van der Waals surface area contributed by atoms with Crippen molar-refractivity contribution in [2.24, 2.45) is 0 Å². The summed E-state index contributed by atoms with van der Waals surface area (Å²) in [4.78, 5) is 20.8. The van der Waals surface area contributed by atoms with Crippen molar-refractivity contribution in [1.82, 2.24) is 29.1 Å². The Morgan fingerprint density at radius 3 is 1.74 bits per heavy atom. The van der Waals surface area contributed by atoms with Crippen molar-refractivity contribution in [3.8, 4) is 51.5 Å². The summed E-state index contributed by atoms with van der Waals surface area (Å²) >= 11 is 0. The van der Waals surface area contributed by atoms with Gasteiger partial charge in [0.25, 0.3) is 11.4 Å². The van der Waals surface area contributed by atoms with Crippen LogP contribution in [0.25, 0.3) is 61.8 Å². The van der Waals surface area contributed by atoms with E-state index in [1.54, 1.807) is 0 Å². The number of rotatable bonds is 7. The van der Waals surface area contributed by atoms with Crippen LogP contribution >= 0.6 is 0 Å². The molecule has 8 heteroatoms. The van der Waals surface area contributed by atoms with Gasteiger partial charge in [-0.3, -0.25) is 4.57 Å². The Balaban J connectivity index is 1.22.